The van der Waals surface area contributed by atoms with Crippen molar-refractivity contribution in [2.75, 3.05) is 6.61 Å². The fraction of sp³-hybridized carbons (Fsp3) is 0.455. The molecule has 4 N–H and O–H groups in total. The van der Waals surface area contributed by atoms with Crippen LogP contribution in [0.4, 0.5) is 0 Å². The Kier molecular flexibility index (Phi) is 5.46. The number of aromatic amines is 1. The number of nitrogens with zero attached hydrogens (tertiary/aromatic N) is 1. The number of phosphoric ester groups is 1. The fourth-order valence-electron chi connectivity index (χ4n) is 2.28. The van der Waals surface area contributed by atoms with Gasteiger partial charge in [-0.25, -0.2) is 13.9 Å². The van der Waals surface area contributed by atoms with E-state index in [0.717, 1.165) is 0 Å². The molecule has 24 heavy (non-hydrogen) atoms. The second-order valence-corrected chi connectivity index (χ2v) is 8.08. The van der Waals surface area contributed by atoms with Gasteiger partial charge in [-0.05, 0) is 25.3 Å². The molecule has 0 radical (unpaired) electrons. The van der Waals surface area contributed by atoms with Crippen LogP contribution in [0.2, 0.25) is 0 Å². The number of H-pyrrole nitrogens is 1. The summed E-state index contributed by atoms with van der Waals surface area (Å²) in [6.45, 7) is 1.17. The molecule has 134 valence electrons. The molecule has 1 aliphatic carbocycles. The van der Waals surface area contributed by atoms with E-state index in [9.17, 15) is 23.6 Å². The Morgan fingerprint density at radius 1 is 1.33 bits per heavy atom. The summed E-state index contributed by atoms with van der Waals surface area (Å²) in [6.07, 6.45) is 3.84. The van der Waals surface area contributed by atoms with Crippen molar-refractivity contribution >= 4 is 15.6 Å². The predicted octanol–water partition coefficient (Wildman–Crippen LogP) is 0.333. The Labute approximate surface area is 135 Å². The second-order valence-electron chi connectivity index (χ2n) is 5.25. The molecule has 1 aromatic heterocycles. The Bertz CT molecular complexity index is 865. The lowest BCUT2D eigenvalue weighted by atomic mass is 10.2. The van der Waals surface area contributed by atoms with Gasteiger partial charge in [0.05, 0.1) is 6.61 Å². The largest absolute Gasteiger partial charge is 0.481 e. The van der Waals surface area contributed by atoms with Crippen molar-refractivity contribution in [3.8, 4) is 0 Å². The monoisotopic (exact) mass is 382 g/mol. The van der Waals surface area contributed by atoms with E-state index in [1.54, 1.807) is 13.0 Å². The Hall–Kier alpha value is -1.32. The van der Waals surface area contributed by atoms with Crippen LogP contribution >= 0.6 is 15.6 Å². The van der Waals surface area contributed by atoms with E-state index >= 15 is 0 Å². The molecule has 0 saturated heterocycles. The van der Waals surface area contributed by atoms with E-state index in [1.807, 2.05) is 0 Å². The normalized spacial score (nSPS) is 20.7. The van der Waals surface area contributed by atoms with Crippen LogP contribution in [0, 0.1) is 6.92 Å². The van der Waals surface area contributed by atoms with Crippen LogP contribution in [0.15, 0.2) is 27.4 Å². The molecule has 1 aromatic rings. The van der Waals surface area contributed by atoms with Gasteiger partial charge in [0.15, 0.2) is 0 Å². The van der Waals surface area contributed by atoms with Gasteiger partial charge in [0, 0.05) is 17.8 Å². The van der Waals surface area contributed by atoms with Crippen molar-refractivity contribution in [1.82, 2.24) is 9.55 Å². The third kappa shape index (κ3) is 5.09. The van der Waals surface area contributed by atoms with E-state index in [-0.39, 0.29) is 12.6 Å². The summed E-state index contributed by atoms with van der Waals surface area (Å²) in [6, 6.07) is -0.299. The zero-order valence-corrected chi connectivity index (χ0v) is 14.3. The van der Waals surface area contributed by atoms with Crippen molar-refractivity contribution < 1.29 is 32.6 Å². The van der Waals surface area contributed by atoms with Crippen LogP contribution < -0.4 is 11.2 Å². The van der Waals surface area contributed by atoms with Gasteiger partial charge in [-0.2, -0.15) is 4.31 Å². The first kappa shape index (κ1) is 19.0. The molecule has 0 amide bonds. The quantitative estimate of drug-likeness (QED) is 0.400. The highest BCUT2D eigenvalue weighted by Gasteiger charge is 2.33. The Morgan fingerprint density at radius 2 is 2.00 bits per heavy atom. The standard InChI is InChI=1S/C11H16N2O9P2/c1-7-5-13(11(15)12-10(7)14)9-3-2-8(4-9)6-21-24(19,20)22-23(16,17)18/h2,5,9H,3-4,6H2,1H3,(H,19,20)(H,12,14,15)(H2,16,17,18)/t9-/m0/s1. The van der Waals surface area contributed by atoms with Gasteiger partial charge in [0.2, 0.25) is 0 Å². The molecule has 0 saturated carbocycles. The van der Waals surface area contributed by atoms with Gasteiger partial charge in [0.25, 0.3) is 5.56 Å². The zero-order valence-electron chi connectivity index (χ0n) is 12.5. The third-order valence-corrected chi connectivity index (χ3v) is 5.47. The van der Waals surface area contributed by atoms with Crippen LogP contribution in [-0.4, -0.2) is 30.8 Å². The molecule has 0 aliphatic heterocycles. The van der Waals surface area contributed by atoms with Crippen LogP contribution in [-0.2, 0) is 18.0 Å². The van der Waals surface area contributed by atoms with Gasteiger partial charge < -0.3 is 14.7 Å². The molecule has 1 aliphatic rings. The molecule has 13 heteroatoms. The van der Waals surface area contributed by atoms with Gasteiger partial charge in [-0.3, -0.25) is 18.9 Å². The first-order valence-electron chi connectivity index (χ1n) is 6.71. The van der Waals surface area contributed by atoms with Crippen molar-refractivity contribution in [2.24, 2.45) is 0 Å². The lowest BCUT2D eigenvalue weighted by Crippen LogP contribution is -2.32. The molecule has 2 atom stereocenters. The third-order valence-electron chi connectivity index (χ3n) is 3.34. The molecule has 0 aromatic carbocycles. The average Bonchev–Trinajstić information content (AvgIpc) is 2.87. The zero-order chi connectivity index (χ0) is 18.1. The maximum Gasteiger partial charge on any atom is 0.481 e. The minimum absolute atomic E-state index is 0.299. The van der Waals surface area contributed by atoms with E-state index in [0.29, 0.717) is 24.0 Å². The lowest BCUT2D eigenvalue weighted by molar-refractivity contribution is 0.187. The maximum absolute atomic E-state index is 11.8. The van der Waals surface area contributed by atoms with Crippen molar-refractivity contribution in [3.05, 3.63) is 44.2 Å². The van der Waals surface area contributed by atoms with E-state index < -0.39 is 26.9 Å². The highest BCUT2D eigenvalue weighted by molar-refractivity contribution is 7.60. The van der Waals surface area contributed by atoms with Crippen molar-refractivity contribution in [1.29, 1.82) is 0 Å². The van der Waals surface area contributed by atoms with Gasteiger partial charge in [-0.15, -0.1) is 0 Å². The summed E-state index contributed by atoms with van der Waals surface area (Å²) in [7, 11) is -10.1. The van der Waals surface area contributed by atoms with Crippen LogP contribution in [0.5, 0.6) is 0 Å². The van der Waals surface area contributed by atoms with Crippen molar-refractivity contribution in [3.63, 3.8) is 0 Å². The summed E-state index contributed by atoms with van der Waals surface area (Å²) in [5.41, 5.74) is -0.112. The number of rotatable bonds is 6. The molecule has 0 bridgehead atoms. The summed E-state index contributed by atoms with van der Waals surface area (Å²) in [5.74, 6) is 0. The number of allylic oxidation sites excluding steroid dienone is 1. The van der Waals surface area contributed by atoms with Gasteiger partial charge in [0.1, 0.15) is 0 Å². The predicted molar refractivity (Wildman–Crippen MR) is 81.3 cm³/mol. The molecular formula is C11H16N2O9P2. The van der Waals surface area contributed by atoms with Crippen LogP contribution in [0.1, 0.15) is 24.4 Å². The average molecular weight is 382 g/mol. The molecule has 11 nitrogen and oxygen atoms in total. The van der Waals surface area contributed by atoms with Crippen molar-refractivity contribution in [2.45, 2.75) is 25.8 Å². The number of aryl methyl sites for hydroxylation is 1. The highest BCUT2D eigenvalue weighted by Crippen LogP contribution is 2.57. The first-order chi connectivity index (χ1) is 11.0. The summed E-state index contributed by atoms with van der Waals surface area (Å²) >= 11 is 0. The number of phosphoric acid groups is 2. The summed E-state index contributed by atoms with van der Waals surface area (Å²) < 4.78 is 31.5. The minimum Gasteiger partial charge on any atom is -0.302 e. The smallest absolute Gasteiger partial charge is 0.302 e. The number of aromatic nitrogens is 2. The molecule has 1 unspecified atom stereocenters. The molecule has 0 spiro atoms. The highest BCUT2D eigenvalue weighted by atomic mass is 31.3. The van der Waals surface area contributed by atoms with E-state index in [1.165, 1.54) is 10.8 Å². The molecule has 0 fully saturated rings. The van der Waals surface area contributed by atoms with E-state index in [4.69, 9.17) is 9.79 Å². The van der Waals surface area contributed by atoms with Crippen LogP contribution in [0.25, 0.3) is 0 Å². The number of nitrogens with one attached hydrogen (secondary N) is 1. The minimum atomic E-state index is -5.16. The van der Waals surface area contributed by atoms with Gasteiger partial charge in [-0.1, -0.05) is 6.08 Å². The topological polar surface area (TPSA) is 168 Å². The number of hydrogen-bond donors (Lipinski definition) is 4. The SMILES string of the molecule is Cc1cn([C@H]2CC=C(COP(=O)(O)OP(=O)(O)O)C2)c(=O)[nH]c1=O. The summed E-state index contributed by atoms with van der Waals surface area (Å²) in [5, 5.41) is 0. The Balaban J connectivity index is 2.00. The fourth-order valence-corrected chi connectivity index (χ4v) is 3.87. The molecule has 2 rings (SSSR count). The Morgan fingerprint density at radius 3 is 2.62 bits per heavy atom. The lowest BCUT2D eigenvalue weighted by Gasteiger charge is -2.15. The second kappa shape index (κ2) is 6.89. The molecular weight excluding hydrogens is 366 g/mol. The molecule has 1 heterocycles. The first-order valence-corrected chi connectivity index (χ1v) is 9.73. The van der Waals surface area contributed by atoms with Gasteiger partial charge >= 0.3 is 21.3 Å². The summed E-state index contributed by atoms with van der Waals surface area (Å²) in [4.78, 5) is 51.6. The maximum atomic E-state index is 11.8. The van der Waals surface area contributed by atoms with E-state index in [2.05, 4.69) is 13.8 Å². The van der Waals surface area contributed by atoms with Crippen LogP contribution in [0.3, 0.4) is 0 Å². The number of hydrogen-bond acceptors (Lipinski definition) is 6.